The highest BCUT2D eigenvalue weighted by Gasteiger charge is 2.28. The van der Waals surface area contributed by atoms with Crippen molar-refractivity contribution in [3.05, 3.63) is 30.1 Å². The molecule has 0 fully saturated rings. The van der Waals surface area contributed by atoms with Crippen LogP contribution in [0, 0.1) is 11.2 Å². The van der Waals surface area contributed by atoms with Crippen LogP contribution in [0.2, 0.25) is 0 Å². The van der Waals surface area contributed by atoms with E-state index in [-0.39, 0.29) is 35.0 Å². The molecule has 0 saturated carbocycles. The van der Waals surface area contributed by atoms with E-state index in [4.69, 9.17) is 0 Å². The highest BCUT2D eigenvalue weighted by molar-refractivity contribution is 9.10. The molecule has 1 atom stereocenters. The lowest BCUT2D eigenvalue weighted by Gasteiger charge is -2.24. The molecule has 21 heavy (non-hydrogen) atoms. The van der Waals surface area contributed by atoms with Gasteiger partial charge in [-0.1, -0.05) is 42.8 Å². The fourth-order valence-corrected chi connectivity index (χ4v) is 1.73. The van der Waals surface area contributed by atoms with Crippen LogP contribution in [0.4, 0.5) is 10.1 Å². The van der Waals surface area contributed by atoms with Crippen LogP contribution in [0.15, 0.2) is 24.3 Å². The Bertz CT molecular complexity index is 515. The SMILES string of the molecule is CC(C)(C)[C@H](Br)C(=O)NCCC(=O)Nc1cccc(F)c1. The molecule has 6 heteroatoms. The van der Waals surface area contributed by atoms with Crippen LogP contribution in [0.25, 0.3) is 0 Å². The van der Waals surface area contributed by atoms with Crippen molar-refractivity contribution in [1.82, 2.24) is 5.32 Å². The quantitative estimate of drug-likeness (QED) is 0.794. The molecule has 0 saturated heterocycles. The van der Waals surface area contributed by atoms with E-state index in [0.717, 1.165) is 0 Å². The lowest BCUT2D eigenvalue weighted by molar-refractivity contribution is -0.122. The van der Waals surface area contributed by atoms with Gasteiger partial charge in [0.1, 0.15) is 5.82 Å². The number of nitrogens with one attached hydrogen (secondary N) is 2. The van der Waals surface area contributed by atoms with Crippen LogP contribution >= 0.6 is 15.9 Å². The minimum absolute atomic E-state index is 0.131. The molecular formula is C15H20BrFN2O2. The summed E-state index contributed by atoms with van der Waals surface area (Å²) in [5, 5.41) is 5.27. The largest absolute Gasteiger partial charge is 0.355 e. The van der Waals surface area contributed by atoms with Gasteiger partial charge >= 0.3 is 0 Å². The molecule has 2 amide bonds. The van der Waals surface area contributed by atoms with Crippen molar-refractivity contribution >= 4 is 33.4 Å². The summed E-state index contributed by atoms with van der Waals surface area (Å²) in [5.41, 5.74) is 0.202. The molecule has 0 radical (unpaired) electrons. The average Bonchev–Trinajstić information content (AvgIpc) is 2.36. The third-order valence-corrected chi connectivity index (χ3v) is 4.54. The van der Waals surface area contributed by atoms with Crippen molar-refractivity contribution in [2.45, 2.75) is 32.0 Å². The second-order valence-corrected chi connectivity index (χ2v) is 6.74. The van der Waals surface area contributed by atoms with Gasteiger partial charge < -0.3 is 10.6 Å². The predicted octanol–water partition coefficient (Wildman–Crippen LogP) is 3.08. The van der Waals surface area contributed by atoms with Crippen LogP contribution < -0.4 is 10.6 Å². The third-order valence-electron chi connectivity index (χ3n) is 2.75. The Morgan fingerprint density at radius 2 is 2.00 bits per heavy atom. The number of carbonyl (C=O) groups excluding carboxylic acids is 2. The molecule has 0 bridgehead atoms. The molecule has 4 nitrogen and oxygen atoms in total. The Hall–Kier alpha value is -1.43. The summed E-state index contributed by atoms with van der Waals surface area (Å²) >= 11 is 3.34. The maximum absolute atomic E-state index is 13.0. The molecule has 0 aliphatic carbocycles. The van der Waals surface area contributed by atoms with Gasteiger partial charge in [-0.25, -0.2) is 4.39 Å². The molecule has 2 N–H and O–H groups in total. The van der Waals surface area contributed by atoms with E-state index >= 15 is 0 Å². The number of amides is 2. The molecule has 116 valence electrons. The minimum atomic E-state index is -0.409. The van der Waals surface area contributed by atoms with Gasteiger partial charge in [0.25, 0.3) is 0 Å². The molecule has 1 aromatic carbocycles. The zero-order valence-electron chi connectivity index (χ0n) is 12.4. The molecular weight excluding hydrogens is 339 g/mol. The van der Waals surface area contributed by atoms with Gasteiger partial charge in [0.05, 0.1) is 4.83 Å². The maximum Gasteiger partial charge on any atom is 0.234 e. The summed E-state index contributed by atoms with van der Waals surface area (Å²) in [6.45, 7) is 6.08. The summed E-state index contributed by atoms with van der Waals surface area (Å²) in [7, 11) is 0. The van der Waals surface area contributed by atoms with Gasteiger partial charge in [0.15, 0.2) is 0 Å². The Morgan fingerprint density at radius 1 is 1.33 bits per heavy atom. The molecule has 0 unspecified atom stereocenters. The fraction of sp³-hybridized carbons (Fsp3) is 0.467. The van der Waals surface area contributed by atoms with Gasteiger partial charge in [-0.3, -0.25) is 9.59 Å². The first kappa shape index (κ1) is 17.6. The van der Waals surface area contributed by atoms with Gasteiger partial charge in [0.2, 0.25) is 11.8 Å². The zero-order valence-corrected chi connectivity index (χ0v) is 14.0. The van der Waals surface area contributed by atoms with Crippen LogP contribution in [0.5, 0.6) is 0 Å². The maximum atomic E-state index is 13.0. The van der Waals surface area contributed by atoms with E-state index in [0.29, 0.717) is 5.69 Å². The van der Waals surface area contributed by atoms with E-state index in [1.54, 1.807) is 6.07 Å². The lowest BCUT2D eigenvalue weighted by atomic mass is 9.92. The number of hydrogen-bond acceptors (Lipinski definition) is 2. The van der Waals surface area contributed by atoms with Gasteiger partial charge in [-0.15, -0.1) is 0 Å². The number of alkyl halides is 1. The van der Waals surface area contributed by atoms with Crippen molar-refractivity contribution in [3.8, 4) is 0 Å². The zero-order chi connectivity index (χ0) is 16.0. The van der Waals surface area contributed by atoms with E-state index in [1.165, 1.54) is 18.2 Å². The molecule has 1 aromatic rings. The number of carbonyl (C=O) groups is 2. The summed E-state index contributed by atoms with van der Waals surface area (Å²) < 4.78 is 13.0. The van der Waals surface area contributed by atoms with E-state index < -0.39 is 5.82 Å². The summed E-state index contributed by atoms with van der Waals surface area (Å²) in [4.78, 5) is 23.2. The van der Waals surface area contributed by atoms with Crippen LogP contribution in [0.3, 0.4) is 0 Å². The van der Waals surface area contributed by atoms with E-state index in [2.05, 4.69) is 26.6 Å². The molecule has 0 heterocycles. The first-order valence-electron chi connectivity index (χ1n) is 6.67. The standard InChI is InChI=1S/C15H20BrFN2O2/c1-15(2,3)13(16)14(21)18-8-7-12(20)19-11-6-4-5-10(17)9-11/h4-6,9,13H,7-8H2,1-3H3,(H,18,21)(H,19,20)/t13-/m1/s1. The van der Waals surface area contributed by atoms with E-state index in [9.17, 15) is 14.0 Å². The molecule has 0 aromatic heterocycles. The Labute approximate surface area is 132 Å². The Kier molecular flexibility index (Phi) is 6.33. The van der Waals surface area contributed by atoms with Gasteiger partial charge in [-0.05, 0) is 23.6 Å². The first-order valence-corrected chi connectivity index (χ1v) is 7.59. The normalized spacial score (nSPS) is 12.6. The van der Waals surface area contributed by atoms with Crippen molar-refractivity contribution in [3.63, 3.8) is 0 Å². The molecule has 0 spiro atoms. The number of halogens is 2. The number of hydrogen-bond donors (Lipinski definition) is 2. The third kappa shape index (κ3) is 6.25. The van der Waals surface area contributed by atoms with E-state index in [1.807, 2.05) is 20.8 Å². The van der Waals surface area contributed by atoms with Crippen molar-refractivity contribution in [1.29, 1.82) is 0 Å². The lowest BCUT2D eigenvalue weighted by Crippen LogP contribution is -2.39. The summed E-state index contributed by atoms with van der Waals surface area (Å²) in [5.74, 6) is -0.836. The van der Waals surface area contributed by atoms with Crippen molar-refractivity contribution in [2.75, 3.05) is 11.9 Å². The highest BCUT2D eigenvalue weighted by Crippen LogP contribution is 2.25. The predicted molar refractivity (Wildman–Crippen MR) is 84.8 cm³/mol. The fourth-order valence-electron chi connectivity index (χ4n) is 1.57. The van der Waals surface area contributed by atoms with Crippen LogP contribution in [0.1, 0.15) is 27.2 Å². The van der Waals surface area contributed by atoms with Crippen LogP contribution in [-0.2, 0) is 9.59 Å². The Balaban J connectivity index is 2.36. The van der Waals surface area contributed by atoms with Gasteiger partial charge in [-0.2, -0.15) is 0 Å². The summed E-state index contributed by atoms with van der Waals surface area (Å²) in [6.07, 6.45) is 0.131. The summed E-state index contributed by atoms with van der Waals surface area (Å²) in [6, 6.07) is 5.67. The van der Waals surface area contributed by atoms with Crippen molar-refractivity contribution in [2.24, 2.45) is 5.41 Å². The molecule has 0 aliphatic rings. The molecule has 0 aliphatic heterocycles. The first-order chi connectivity index (χ1) is 9.70. The average molecular weight is 359 g/mol. The number of anilines is 1. The van der Waals surface area contributed by atoms with Crippen LogP contribution in [-0.4, -0.2) is 23.2 Å². The number of rotatable bonds is 5. The topological polar surface area (TPSA) is 58.2 Å². The smallest absolute Gasteiger partial charge is 0.234 e. The van der Waals surface area contributed by atoms with Crippen molar-refractivity contribution < 1.29 is 14.0 Å². The second kappa shape index (κ2) is 7.54. The minimum Gasteiger partial charge on any atom is -0.355 e. The molecule has 1 rings (SSSR count). The van der Waals surface area contributed by atoms with Gasteiger partial charge in [0, 0.05) is 18.7 Å². The monoisotopic (exact) mass is 358 g/mol. The second-order valence-electron chi connectivity index (χ2n) is 5.83. The Morgan fingerprint density at radius 3 is 2.57 bits per heavy atom. The number of benzene rings is 1. The highest BCUT2D eigenvalue weighted by atomic mass is 79.9.